The minimum atomic E-state index is -0.650. The lowest BCUT2D eigenvalue weighted by Crippen LogP contribution is -2.26. The summed E-state index contributed by atoms with van der Waals surface area (Å²) >= 11 is 6.11. The van der Waals surface area contributed by atoms with Crippen molar-refractivity contribution in [3.8, 4) is 5.75 Å². The molecule has 1 unspecified atom stereocenters. The molecule has 1 heterocycles. The Morgan fingerprint density at radius 1 is 1.35 bits per heavy atom. The second kappa shape index (κ2) is 8.08. The smallest absolute Gasteiger partial charge is 0.216 e. The maximum atomic E-state index is 14.8. The number of carbonyl (C=O) groups excluding carboxylic acids is 2. The van der Waals surface area contributed by atoms with E-state index < -0.39 is 5.82 Å². The van der Waals surface area contributed by atoms with Crippen LogP contribution in [-0.2, 0) is 4.79 Å². The maximum Gasteiger partial charge on any atom is 0.216 e. The number of Topliss-reactive ketones (excluding diaryl/α,β-unsaturated/α-hetero) is 1. The normalized spacial score (nSPS) is 12.5. The van der Waals surface area contributed by atoms with E-state index in [4.69, 9.17) is 16.3 Å². The second-order valence-corrected chi connectivity index (χ2v) is 6.98. The molecule has 0 bridgehead atoms. The molecule has 2 rings (SSSR count). The van der Waals surface area contributed by atoms with E-state index in [2.05, 4.69) is 10.3 Å². The molecule has 0 aliphatic carbocycles. The number of aromatic amines is 1. The first-order valence-electron chi connectivity index (χ1n) is 8.62. The Labute approximate surface area is 157 Å². The summed E-state index contributed by atoms with van der Waals surface area (Å²) in [6.07, 6.45) is 0.485. The fraction of sp³-hybridized carbons (Fsp3) is 0.474. The van der Waals surface area contributed by atoms with Crippen LogP contribution in [-0.4, -0.2) is 29.3 Å². The highest BCUT2D eigenvalue weighted by atomic mass is 35.5. The van der Waals surface area contributed by atoms with Crippen molar-refractivity contribution in [1.82, 2.24) is 10.3 Å². The Hall–Kier alpha value is -2.08. The van der Waals surface area contributed by atoms with Crippen LogP contribution in [0.25, 0.3) is 10.9 Å². The summed E-state index contributed by atoms with van der Waals surface area (Å²) < 4.78 is 20.5. The van der Waals surface area contributed by atoms with Crippen molar-refractivity contribution in [1.29, 1.82) is 0 Å². The van der Waals surface area contributed by atoms with Crippen molar-refractivity contribution in [3.63, 3.8) is 0 Å². The summed E-state index contributed by atoms with van der Waals surface area (Å²) in [5, 5.41) is 3.20. The van der Waals surface area contributed by atoms with E-state index in [0.29, 0.717) is 29.6 Å². The fourth-order valence-corrected chi connectivity index (χ4v) is 3.22. The highest BCUT2D eigenvalue weighted by Crippen LogP contribution is 2.39. The molecule has 1 aromatic carbocycles. The van der Waals surface area contributed by atoms with E-state index >= 15 is 0 Å². The molecule has 7 heteroatoms. The number of hydrogen-bond acceptors (Lipinski definition) is 3. The quantitative estimate of drug-likeness (QED) is 0.688. The molecule has 0 saturated carbocycles. The molecule has 0 aliphatic rings. The summed E-state index contributed by atoms with van der Waals surface area (Å²) in [6.45, 7) is 8.80. The van der Waals surface area contributed by atoms with Gasteiger partial charge in [-0.05, 0) is 31.9 Å². The van der Waals surface area contributed by atoms with Gasteiger partial charge in [-0.1, -0.05) is 18.5 Å². The molecule has 142 valence electrons. The molecule has 5 nitrogen and oxygen atoms in total. The Morgan fingerprint density at radius 2 is 2.00 bits per heavy atom. The first kappa shape index (κ1) is 20.2. The number of H-pyrrole nitrogens is 1. The summed E-state index contributed by atoms with van der Waals surface area (Å²) in [4.78, 5) is 26.3. The molecule has 2 aromatic rings. The number of hydrogen-bond donors (Lipinski definition) is 2. The first-order chi connectivity index (χ1) is 12.2. The van der Waals surface area contributed by atoms with Crippen molar-refractivity contribution >= 4 is 34.2 Å². The van der Waals surface area contributed by atoms with E-state index in [0.717, 1.165) is 0 Å². The molecular formula is C19H24ClFN2O3. The SMILES string of the molecule is CCC(CNC(C)=O)c1c(C(C)=O)[nH]c2c(F)c(Cl)c(OC(C)C)cc12. The number of halogens is 2. The molecule has 0 saturated heterocycles. The fourth-order valence-electron chi connectivity index (χ4n) is 3.02. The minimum Gasteiger partial charge on any atom is -0.489 e. The standard InChI is InChI=1S/C19H24ClFN2O3/c1-6-12(8-22-11(5)25)15-13-7-14(26-9(2)3)16(20)17(21)19(13)23-18(15)10(4)24/h7,9,12,23H,6,8H2,1-5H3,(H,22,25). The van der Waals surface area contributed by atoms with Crippen LogP contribution in [0.4, 0.5) is 4.39 Å². The van der Waals surface area contributed by atoms with Crippen molar-refractivity contribution in [2.24, 2.45) is 0 Å². The van der Waals surface area contributed by atoms with Gasteiger partial charge in [0.1, 0.15) is 10.8 Å². The summed E-state index contributed by atoms with van der Waals surface area (Å²) in [6, 6.07) is 1.66. The van der Waals surface area contributed by atoms with Crippen LogP contribution in [0.3, 0.4) is 0 Å². The molecule has 1 atom stereocenters. The average molecular weight is 383 g/mol. The van der Waals surface area contributed by atoms with Gasteiger partial charge in [-0.15, -0.1) is 0 Å². The van der Waals surface area contributed by atoms with Gasteiger partial charge in [0, 0.05) is 31.7 Å². The summed E-state index contributed by atoms with van der Waals surface area (Å²) in [5.41, 5.74) is 1.18. The zero-order valence-corrected chi connectivity index (χ0v) is 16.4. The number of fused-ring (bicyclic) bond motifs is 1. The topological polar surface area (TPSA) is 71.2 Å². The van der Waals surface area contributed by atoms with Gasteiger partial charge in [0.05, 0.1) is 17.3 Å². The molecule has 26 heavy (non-hydrogen) atoms. The van der Waals surface area contributed by atoms with Crippen LogP contribution in [0.1, 0.15) is 63.0 Å². The summed E-state index contributed by atoms with van der Waals surface area (Å²) in [5.74, 6) is -0.941. The largest absolute Gasteiger partial charge is 0.489 e. The van der Waals surface area contributed by atoms with Crippen molar-refractivity contribution < 1.29 is 18.7 Å². The number of nitrogens with one attached hydrogen (secondary N) is 2. The van der Waals surface area contributed by atoms with Crippen LogP contribution in [0, 0.1) is 5.82 Å². The Kier molecular flexibility index (Phi) is 6.29. The lowest BCUT2D eigenvalue weighted by Gasteiger charge is -2.17. The number of benzene rings is 1. The van der Waals surface area contributed by atoms with Crippen LogP contribution in [0.15, 0.2) is 6.07 Å². The molecule has 1 aromatic heterocycles. The van der Waals surface area contributed by atoms with Crippen molar-refractivity contribution in [2.45, 2.75) is 53.1 Å². The third kappa shape index (κ3) is 4.01. The Balaban J connectivity index is 2.72. The van der Waals surface area contributed by atoms with Crippen LogP contribution < -0.4 is 10.1 Å². The Morgan fingerprint density at radius 3 is 2.50 bits per heavy atom. The highest BCUT2D eigenvalue weighted by molar-refractivity contribution is 6.33. The number of ketones is 1. The maximum absolute atomic E-state index is 14.8. The van der Waals surface area contributed by atoms with E-state index in [1.54, 1.807) is 6.07 Å². The number of ether oxygens (including phenoxy) is 1. The number of amides is 1. The van der Waals surface area contributed by atoms with Gasteiger partial charge in [-0.3, -0.25) is 9.59 Å². The van der Waals surface area contributed by atoms with Gasteiger partial charge in [-0.25, -0.2) is 4.39 Å². The van der Waals surface area contributed by atoms with Crippen LogP contribution in [0.2, 0.25) is 5.02 Å². The second-order valence-electron chi connectivity index (χ2n) is 6.60. The third-order valence-electron chi connectivity index (χ3n) is 4.20. The molecule has 0 fully saturated rings. The van der Waals surface area contributed by atoms with E-state index in [-0.39, 0.29) is 40.0 Å². The van der Waals surface area contributed by atoms with E-state index in [1.807, 2.05) is 20.8 Å². The monoisotopic (exact) mass is 382 g/mol. The van der Waals surface area contributed by atoms with E-state index in [9.17, 15) is 14.0 Å². The van der Waals surface area contributed by atoms with Gasteiger partial charge in [0.25, 0.3) is 0 Å². The van der Waals surface area contributed by atoms with Gasteiger partial charge in [0.15, 0.2) is 11.6 Å². The zero-order valence-electron chi connectivity index (χ0n) is 15.6. The number of rotatable bonds is 7. The van der Waals surface area contributed by atoms with Crippen LogP contribution >= 0.6 is 11.6 Å². The predicted octanol–water partition coefficient (Wildman–Crippen LogP) is 4.58. The minimum absolute atomic E-state index is 0.121. The number of carbonyl (C=O) groups is 2. The molecule has 2 N–H and O–H groups in total. The lowest BCUT2D eigenvalue weighted by atomic mass is 9.92. The highest BCUT2D eigenvalue weighted by Gasteiger charge is 2.26. The van der Waals surface area contributed by atoms with Gasteiger partial charge < -0.3 is 15.0 Å². The van der Waals surface area contributed by atoms with Gasteiger partial charge in [0.2, 0.25) is 5.91 Å². The van der Waals surface area contributed by atoms with Gasteiger partial charge in [-0.2, -0.15) is 0 Å². The predicted molar refractivity (Wildman–Crippen MR) is 101 cm³/mol. The molecule has 0 aliphatic heterocycles. The van der Waals surface area contributed by atoms with E-state index in [1.165, 1.54) is 13.8 Å². The number of aromatic nitrogens is 1. The average Bonchev–Trinajstić information content (AvgIpc) is 2.92. The van der Waals surface area contributed by atoms with Crippen LogP contribution in [0.5, 0.6) is 5.75 Å². The first-order valence-corrected chi connectivity index (χ1v) is 9.00. The van der Waals surface area contributed by atoms with Crippen molar-refractivity contribution in [2.75, 3.05) is 6.54 Å². The third-order valence-corrected chi connectivity index (χ3v) is 4.55. The summed E-state index contributed by atoms with van der Waals surface area (Å²) in [7, 11) is 0. The molecular weight excluding hydrogens is 359 g/mol. The van der Waals surface area contributed by atoms with Gasteiger partial charge >= 0.3 is 0 Å². The molecule has 0 radical (unpaired) electrons. The lowest BCUT2D eigenvalue weighted by molar-refractivity contribution is -0.119. The van der Waals surface area contributed by atoms with Crippen molar-refractivity contribution in [3.05, 3.63) is 28.2 Å². The molecule has 1 amide bonds. The zero-order chi connectivity index (χ0) is 19.6. The Bertz CT molecular complexity index is 845. The molecule has 0 spiro atoms.